The van der Waals surface area contributed by atoms with Gasteiger partial charge in [-0.25, -0.2) is 0 Å². The van der Waals surface area contributed by atoms with E-state index in [1.807, 2.05) is 44.2 Å². The molecular weight excluding hydrogens is 563 g/mol. The fourth-order valence-corrected chi connectivity index (χ4v) is 9.69. The lowest BCUT2D eigenvalue weighted by molar-refractivity contribution is -0.0835. The smallest absolute Gasteiger partial charge is 0.166 e. The molecule has 0 heterocycles. The third-order valence-electron chi connectivity index (χ3n) is 5.85. The van der Waals surface area contributed by atoms with E-state index in [2.05, 4.69) is 72.8 Å². The normalized spacial score (nSPS) is 11.2. The second-order valence-electron chi connectivity index (χ2n) is 8.06. The van der Waals surface area contributed by atoms with Gasteiger partial charge in [-0.05, 0) is 62.4 Å². The lowest BCUT2D eigenvalue weighted by Gasteiger charge is -2.29. The van der Waals surface area contributed by atoms with Gasteiger partial charge < -0.3 is 36.3 Å². The average molecular weight is 596 g/mol. The number of hydrogen-bond donors (Lipinski definition) is 1. The maximum Gasteiger partial charge on any atom is 0.166 e. The van der Waals surface area contributed by atoms with Gasteiger partial charge in [-0.15, -0.1) is 0 Å². The molecular formula is C30H32BrO4PSi. The second-order valence-corrected chi connectivity index (χ2v) is 12.6. The Kier molecular flexibility index (Phi) is 11.4. The van der Waals surface area contributed by atoms with Crippen molar-refractivity contribution in [1.29, 1.82) is 0 Å². The van der Waals surface area contributed by atoms with Crippen molar-refractivity contribution in [2.45, 2.75) is 19.8 Å². The zero-order valence-corrected chi connectivity index (χ0v) is 24.6. The van der Waals surface area contributed by atoms with Crippen LogP contribution >= 0.6 is 7.26 Å². The fraction of sp³-hybridized carbons (Fsp3) is 0.200. The Balaban J connectivity index is 0.00000380. The Labute approximate surface area is 233 Å². The first-order chi connectivity index (χ1) is 17.7. The van der Waals surface area contributed by atoms with E-state index in [1.165, 1.54) is 15.9 Å². The van der Waals surface area contributed by atoms with Gasteiger partial charge >= 0.3 is 0 Å². The van der Waals surface area contributed by atoms with Crippen molar-refractivity contribution in [2.75, 3.05) is 19.4 Å². The summed E-state index contributed by atoms with van der Waals surface area (Å²) < 4.78 is 17.9. The Hall–Kier alpha value is -2.47. The lowest BCUT2D eigenvalue weighted by atomic mass is 10.3. The van der Waals surface area contributed by atoms with Crippen molar-refractivity contribution < 1.29 is 36.3 Å². The predicted octanol–water partition coefficient (Wildman–Crippen LogP) is 1.41. The van der Waals surface area contributed by atoms with Gasteiger partial charge in [-0.2, -0.15) is 0 Å². The number of halogens is 1. The van der Waals surface area contributed by atoms with E-state index in [0.717, 1.165) is 11.1 Å². The van der Waals surface area contributed by atoms with E-state index in [4.69, 9.17) is 14.2 Å². The summed E-state index contributed by atoms with van der Waals surface area (Å²) >= 11 is 0. The largest absolute Gasteiger partial charge is 1.00 e. The number of hydrogen-bond acceptors (Lipinski definition) is 4. The first kappa shape index (κ1) is 29.1. The number of rotatable bonds is 12. The van der Waals surface area contributed by atoms with Crippen molar-refractivity contribution in [2.24, 2.45) is 0 Å². The van der Waals surface area contributed by atoms with Crippen LogP contribution < -0.4 is 42.9 Å². The lowest BCUT2D eigenvalue weighted by Crippen LogP contribution is -3.00. The summed E-state index contributed by atoms with van der Waals surface area (Å²) in [4.78, 5) is 0. The molecule has 0 aliphatic heterocycles. The highest BCUT2D eigenvalue weighted by Gasteiger charge is 2.50. The van der Waals surface area contributed by atoms with Crippen LogP contribution in [0.1, 0.15) is 13.8 Å². The Morgan fingerprint density at radius 3 is 1.59 bits per heavy atom. The van der Waals surface area contributed by atoms with Crippen molar-refractivity contribution in [3.8, 4) is 11.5 Å². The van der Waals surface area contributed by atoms with Gasteiger partial charge in [0.15, 0.2) is 20.6 Å². The van der Waals surface area contributed by atoms with Gasteiger partial charge in [0.2, 0.25) is 0 Å². The van der Waals surface area contributed by atoms with Gasteiger partial charge in [0.05, 0.1) is 6.23 Å². The quantitative estimate of drug-likeness (QED) is 0.153. The Morgan fingerprint density at radius 2 is 1.16 bits per heavy atom. The monoisotopic (exact) mass is 594 g/mol. The molecule has 0 bridgehead atoms. The molecule has 37 heavy (non-hydrogen) atoms. The van der Waals surface area contributed by atoms with Gasteiger partial charge in [0.1, 0.15) is 34.8 Å². The van der Waals surface area contributed by atoms with Crippen LogP contribution in [0.3, 0.4) is 0 Å². The predicted molar refractivity (Wildman–Crippen MR) is 151 cm³/mol. The van der Waals surface area contributed by atoms with Crippen molar-refractivity contribution in [1.82, 2.24) is 0 Å². The maximum atomic E-state index is 10.7. The number of phenols is 1. The van der Waals surface area contributed by atoms with Crippen LogP contribution in [-0.4, -0.2) is 40.0 Å². The van der Waals surface area contributed by atoms with E-state index in [1.54, 1.807) is 6.07 Å². The van der Waals surface area contributed by atoms with E-state index >= 15 is 0 Å². The summed E-state index contributed by atoms with van der Waals surface area (Å²) in [5, 5.41) is 15.3. The van der Waals surface area contributed by atoms with Crippen LogP contribution in [-0.2, 0) is 9.47 Å². The molecule has 4 rings (SSSR count). The van der Waals surface area contributed by atoms with Crippen LogP contribution in [0.15, 0.2) is 109 Å². The van der Waals surface area contributed by atoms with Crippen molar-refractivity contribution >= 4 is 38.0 Å². The highest BCUT2D eigenvalue weighted by Crippen LogP contribution is 2.56. The molecule has 7 heteroatoms. The topological polar surface area (TPSA) is 47.9 Å². The summed E-state index contributed by atoms with van der Waals surface area (Å²) in [6.45, 7) is 5.11. The summed E-state index contributed by atoms with van der Waals surface area (Å²) in [6, 6.07) is 37.1. The molecule has 0 aromatic heterocycles. The summed E-state index contributed by atoms with van der Waals surface area (Å²) in [7, 11) is -2.08. The van der Waals surface area contributed by atoms with Crippen molar-refractivity contribution in [3.05, 3.63) is 109 Å². The maximum absolute atomic E-state index is 10.7. The van der Waals surface area contributed by atoms with E-state index in [9.17, 15) is 5.11 Å². The highest BCUT2D eigenvalue weighted by atomic mass is 79.9. The first-order valence-corrected chi connectivity index (χ1v) is 15.3. The molecule has 0 atom stereocenters. The molecule has 0 aliphatic rings. The molecule has 0 amide bonds. The molecule has 1 N–H and O–H groups in total. The summed E-state index contributed by atoms with van der Waals surface area (Å²) in [5.74, 6) is 0.697. The molecule has 2 radical (unpaired) electrons. The Morgan fingerprint density at radius 1 is 0.703 bits per heavy atom. The molecule has 4 aromatic carbocycles. The third-order valence-corrected chi connectivity index (χ3v) is 11.1. The number of aromatic hydroxyl groups is 1. The fourth-order valence-electron chi connectivity index (χ4n) is 4.37. The minimum absolute atomic E-state index is 0. The number of benzene rings is 4. The van der Waals surface area contributed by atoms with Crippen LogP contribution in [0.4, 0.5) is 0 Å². The standard InChI is InChI=1S/C30H31O4PSi.BrH/c1-3-32-30(33-4-2)36-23-34-28-21-20-24(31)22-29(28)35(25-14-8-5-9-15-25,26-16-10-6-11-17-26)27-18-12-7-13-19-27;/h5-22,30H,3-4,23H2,1-2H3;1H. The van der Waals surface area contributed by atoms with E-state index < -0.39 is 7.26 Å². The SMILES string of the molecule is CCOC(OCC)[Si]COc1ccc(O)cc1[P+](c1ccccc1)(c1ccccc1)c1ccccc1.[Br-]. The first-order valence-electron chi connectivity index (χ1n) is 12.2. The molecule has 0 saturated heterocycles. The average Bonchev–Trinajstić information content (AvgIpc) is 2.92. The minimum Gasteiger partial charge on any atom is -1.00 e. The summed E-state index contributed by atoms with van der Waals surface area (Å²) in [5.41, 5.74) is 0. The number of phenolic OH excluding ortho intramolecular Hbond substituents is 1. The highest BCUT2D eigenvalue weighted by molar-refractivity contribution is 8.01. The Bertz CT molecular complexity index is 1110. The molecule has 0 fully saturated rings. The van der Waals surface area contributed by atoms with Gasteiger partial charge in [-0.1, -0.05) is 54.6 Å². The molecule has 4 aromatic rings. The second kappa shape index (κ2) is 14.5. The molecule has 0 unspecified atom stereocenters. The van der Waals surface area contributed by atoms with Crippen LogP contribution in [0.2, 0.25) is 0 Å². The zero-order chi connectivity index (χ0) is 25.2. The minimum atomic E-state index is -2.40. The van der Waals surface area contributed by atoms with Gasteiger partial charge in [0, 0.05) is 19.3 Å². The third kappa shape index (κ3) is 6.70. The zero-order valence-electron chi connectivity index (χ0n) is 21.1. The summed E-state index contributed by atoms with van der Waals surface area (Å²) in [6.07, 6.45) is 0.459. The van der Waals surface area contributed by atoms with Gasteiger partial charge in [0.25, 0.3) is 0 Å². The molecule has 0 saturated carbocycles. The molecule has 0 aliphatic carbocycles. The van der Waals surface area contributed by atoms with Gasteiger partial charge in [-0.3, -0.25) is 0 Å². The molecule has 4 nitrogen and oxygen atoms in total. The molecule has 0 spiro atoms. The van der Waals surface area contributed by atoms with Crippen LogP contribution in [0, 0.1) is 0 Å². The van der Waals surface area contributed by atoms with Crippen molar-refractivity contribution in [3.63, 3.8) is 0 Å². The van der Waals surface area contributed by atoms with Crippen LogP contribution in [0.25, 0.3) is 0 Å². The van der Waals surface area contributed by atoms with Crippen LogP contribution in [0.5, 0.6) is 11.5 Å². The van der Waals surface area contributed by atoms with E-state index in [-0.39, 0.29) is 28.6 Å². The molecule has 192 valence electrons. The number of ether oxygens (including phenoxy) is 3. The van der Waals surface area contributed by atoms with E-state index in [0.29, 0.717) is 29.0 Å².